The molecule has 19 heavy (non-hydrogen) atoms. The van der Waals surface area contributed by atoms with E-state index in [1.54, 1.807) is 6.92 Å². The summed E-state index contributed by atoms with van der Waals surface area (Å²) in [5.41, 5.74) is 2.52. The number of carbonyl (C=O) groups is 1. The zero-order valence-corrected chi connectivity index (χ0v) is 10.9. The lowest BCUT2D eigenvalue weighted by Gasteiger charge is -2.09. The fourth-order valence-corrected chi connectivity index (χ4v) is 2.30. The SMILES string of the molecule is Cc1ccc(C)c(-c2n[nH]c(C3CC3)n2)c1C(=O)O. The number of aromatic nitrogens is 3. The molecule has 1 aliphatic rings. The summed E-state index contributed by atoms with van der Waals surface area (Å²) in [6.07, 6.45) is 2.26. The van der Waals surface area contributed by atoms with Gasteiger partial charge in [0.1, 0.15) is 5.82 Å². The second-order valence-corrected chi connectivity index (χ2v) is 5.07. The van der Waals surface area contributed by atoms with Crippen LogP contribution in [0.1, 0.15) is 46.1 Å². The fraction of sp³-hybridized carbons (Fsp3) is 0.357. The quantitative estimate of drug-likeness (QED) is 0.886. The van der Waals surface area contributed by atoms with Crippen molar-refractivity contribution in [2.75, 3.05) is 0 Å². The third-order valence-electron chi connectivity index (χ3n) is 3.53. The Labute approximate surface area is 110 Å². The molecular weight excluding hydrogens is 242 g/mol. The first-order valence-electron chi connectivity index (χ1n) is 6.34. The molecule has 1 aromatic heterocycles. The van der Waals surface area contributed by atoms with Crippen LogP contribution >= 0.6 is 0 Å². The summed E-state index contributed by atoms with van der Waals surface area (Å²) in [6, 6.07) is 3.72. The maximum Gasteiger partial charge on any atom is 0.336 e. The number of hydrogen-bond donors (Lipinski definition) is 2. The van der Waals surface area contributed by atoms with Crippen molar-refractivity contribution in [1.82, 2.24) is 15.2 Å². The minimum Gasteiger partial charge on any atom is -0.478 e. The number of aromatic carboxylic acids is 1. The maximum absolute atomic E-state index is 11.5. The van der Waals surface area contributed by atoms with Gasteiger partial charge in [0.25, 0.3) is 0 Å². The van der Waals surface area contributed by atoms with E-state index in [-0.39, 0.29) is 0 Å². The molecule has 0 atom stereocenters. The minimum atomic E-state index is -0.936. The molecule has 0 spiro atoms. The van der Waals surface area contributed by atoms with Crippen LogP contribution in [0.4, 0.5) is 0 Å². The topological polar surface area (TPSA) is 78.9 Å². The Bertz CT molecular complexity index is 657. The highest BCUT2D eigenvalue weighted by atomic mass is 16.4. The highest BCUT2D eigenvalue weighted by Gasteiger charge is 2.28. The first-order chi connectivity index (χ1) is 9.08. The van der Waals surface area contributed by atoms with Gasteiger partial charge < -0.3 is 5.11 Å². The highest BCUT2D eigenvalue weighted by molar-refractivity contribution is 5.97. The molecule has 0 radical (unpaired) electrons. The molecule has 0 aliphatic heterocycles. The first kappa shape index (κ1) is 11.9. The van der Waals surface area contributed by atoms with Crippen LogP contribution in [0.15, 0.2) is 12.1 Å². The van der Waals surface area contributed by atoms with Gasteiger partial charge in [-0.25, -0.2) is 9.78 Å². The molecule has 2 N–H and O–H groups in total. The number of nitrogens with zero attached hydrogens (tertiary/aromatic N) is 2. The van der Waals surface area contributed by atoms with Gasteiger partial charge in [-0.1, -0.05) is 12.1 Å². The van der Waals surface area contributed by atoms with Gasteiger partial charge >= 0.3 is 5.97 Å². The third-order valence-corrected chi connectivity index (χ3v) is 3.53. The van der Waals surface area contributed by atoms with Crippen molar-refractivity contribution in [3.05, 3.63) is 34.6 Å². The van der Waals surface area contributed by atoms with E-state index < -0.39 is 5.97 Å². The molecule has 0 unspecified atom stereocenters. The van der Waals surface area contributed by atoms with Crippen LogP contribution in [0.2, 0.25) is 0 Å². The molecule has 0 bridgehead atoms. The lowest BCUT2D eigenvalue weighted by Crippen LogP contribution is -2.05. The predicted molar refractivity (Wildman–Crippen MR) is 70.2 cm³/mol. The number of rotatable bonds is 3. The summed E-state index contributed by atoms with van der Waals surface area (Å²) in [6.45, 7) is 3.68. The first-order valence-corrected chi connectivity index (χ1v) is 6.34. The lowest BCUT2D eigenvalue weighted by atomic mass is 9.97. The zero-order chi connectivity index (χ0) is 13.6. The number of nitrogens with one attached hydrogen (secondary N) is 1. The maximum atomic E-state index is 11.5. The monoisotopic (exact) mass is 257 g/mol. The van der Waals surface area contributed by atoms with Crippen LogP contribution in [-0.2, 0) is 0 Å². The molecule has 3 rings (SSSR count). The van der Waals surface area contributed by atoms with Crippen LogP contribution in [0.5, 0.6) is 0 Å². The normalized spacial score (nSPS) is 14.6. The number of benzene rings is 1. The van der Waals surface area contributed by atoms with E-state index in [2.05, 4.69) is 15.2 Å². The van der Waals surface area contributed by atoms with Crippen LogP contribution in [0.25, 0.3) is 11.4 Å². The van der Waals surface area contributed by atoms with Crippen molar-refractivity contribution in [2.45, 2.75) is 32.6 Å². The Morgan fingerprint density at radius 1 is 1.32 bits per heavy atom. The second-order valence-electron chi connectivity index (χ2n) is 5.07. The van der Waals surface area contributed by atoms with Crippen LogP contribution in [-0.4, -0.2) is 26.3 Å². The van der Waals surface area contributed by atoms with Crippen molar-refractivity contribution in [3.8, 4) is 11.4 Å². The molecule has 1 fully saturated rings. The van der Waals surface area contributed by atoms with Crippen molar-refractivity contribution in [2.24, 2.45) is 0 Å². The van der Waals surface area contributed by atoms with Gasteiger partial charge in [-0.3, -0.25) is 5.10 Å². The van der Waals surface area contributed by atoms with Gasteiger partial charge in [-0.2, -0.15) is 5.10 Å². The molecular formula is C14H15N3O2. The lowest BCUT2D eigenvalue weighted by molar-refractivity contribution is 0.0697. The molecule has 1 saturated carbocycles. The standard InChI is InChI=1S/C14H15N3O2/c1-7-3-4-8(2)11(14(18)19)10(7)13-15-12(16-17-13)9-5-6-9/h3-4,9H,5-6H2,1-2H3,(H,18,19)(H,15,16,17). The summed E-state index contributed by atoms with van der Waals surface area (Å²) in [5, 5.41) is 16.5. The van der Waals surface area contributed by atoms with E-state index in [1.165, 1.54) is 0 Å². The number of H-pyrrole nitrogens is 1. The number of carboxylic acids is 1. The summed E-state index contributed by atoms with van der Waals surface area (Å²) >= 11 is 0. The molecule has 5 heteroatoms. The van der Waals surface area contributed by atoms with E-state index >= 15 is 0 Å². The Hall–Kier alpha value is -2.17. The number of carboxylic acid groups (broad SMARTS) is 1. The van der Waals surface area contributed by atoms with Gasteiger partial charge in [0.05, 0.1) is 5.56 Å². The highest BCUT2D eigenvalue weighted by Crippen LogP contribution is 2.39. The average molecular weight is 257 g/mol. The van der Waals surface area contributed by atoms with Gasteiger partial charge in [0, 0.05) is 11.5 Å². The molecule has 2 aromatic rings. The average Bonchev–Trinajstić information content (AvgIpc) is 3.10. The van der Waals surface area contributed by atoms with E-state index in [4.69, 9.17) is 0 Å². The van der Waals surface area contributed by atoms with E-state index in [1.807, 2.05) is 19.1 Å². The summed E-state index contributed by atoms with van der Waals surface area (Å²) < 4.78 is 0. The predicted octanol–water partition coefficient (Wildman–Crippen LogP) is 2.66. The second kappa shape index (κ2) is 4.19. The van der Waals surface area contributed by atoms with Crippen molar-refractivity contribution >= 4 is 5.97 Å². The number of aryl methyl sites for hydroxylation is 2. The van der Waals surface area contributed by atoms with Crippen LogP contribution in [0.3, 0.4) is 0 Å². The number of hydrogen-bond acceptors (Lipinski definition) is 3. The van der Waals surface area contributed by atoms with Gasteiger partial charge in [-0.05, 0) is 37.8 Å². The van der Waals surface area contributed by atoms with Gasteiger partial charge in [0.15, 0.2) is 5.82 Å². The molecule has 5 nitrogen and oxygen atoms in total. The minimum absolute atomic E-state index is 0.293. The van der Waals surface area contributed by atoms with Crippen LogP contribution in [0, 0.1) is 13.8 Å². The smallest absolute Gasteiger partial charge is 0.336 e. The van der Waals surface area contributed by atoms with Crippen molar-refractivity contribution in [3.63, 3.8) is 0 Å². The van der Waals surface area contributed by atoms with Crippen molar-refractivity contribution in [1.29, 1.82) is 0 Å². The third kappa shape index (κ3) is 2.01. The summed E-state index contributed by atoms with van der Waals surface area (Å²) in [7, 11) is 0. The molecule has 0 amide bonds. The van der Waals surface area contributed by atoms with Gasteiger partial charge in [0.2, 0.25) is 0 Å². The van der Waals surface area contributed by atoms with E-state index in [0.717, 1.165) is 29.8 Å². The summed E-state index contributed by atoms with van der Waals surface area (Å²) in [4.78, 5) is 15.9. The molecule has 0 saturated heterocycles. The Kier molecular flexibility index (Phi) is 2.62. The molecule has 98 valence electrons. The molecule has 1 aromatic carbocycles. The Balaban J connectivity index is 2.16. The zero-order valence-electron chi connectivity index (χ0n) is 10.9. The van der Waals surface area contributed by atoms with E-state index in [0.29, 0.717) is 22.9 Å². The largest absolute Gasteiger partial charge is 0.478 e. The Morgan fingerprint density at radius 2 is 2.00 bits per heavy atom. The Morgan fingerprint density at radius 3 is 2.63 bits per heavy atom. The fourth-order valence-electron chi connectivity index (χ4n) is 2.30. The number of aromatic amines is 1. The summed E-state index contributed by atoms with van der Waals surface area (Å²) in [5.74, 6) is 0.890. The molecule has 1 heterocycles. The van der Waals surface area contributed by atoms with Crippen molar-refractivity contribution < 1.29 is 9.90 Å². The molecule has 1 aliphatic carbocycles. The van der Waals surface area contributed by atoms with E-state index in [9.17, 15) is 9.90 Å². The van der Waals surface area contributed by atoms with Gasteiger partial charge in [-0.15, -0.1) is 0 Å². The van der Waals surface area contributed by atoms with Crippen LogP contribution < -0.4 is 0 Å².